The van der Waals surface area contributed by atoms with E-state index < -0.39 is 48.2 Å². The van der Waals surface area contributed by atoms with Crippen molar-refractivity contribution in [1.29, 1.82) is 0 Å². The number of hydrogen-bond acceptors (Lipinski definition) is 6. The number of nitrogens with zero attached hydrogens (tertiary/aromatic N) is 1. The van der Waals surface area contributed by atoms with E-state index in [9.17, 15) is 29.1 Å². The molecule has 3 atom stereocenters. The first kappa shape index (κ1) is 23.8. The van der Waals surface area contributed by atoms with Crippen LogP contribution >= 0.6 is 0 Å². The second kappa shape index (κ2) is 10.1. The lowest BCUT2D eigenvalue weighted by molar-refractivity contribution is -0.141. The van der Waals surface area contributed by atoms with Crippen LogP contribution in [0.3, 0.4) is 0 Å². The molecule has 1 saturated heterocycles. The SMILES string of the molecule is Cc1cc(C(=O)NC(C)C(=O)N2CCCC2C(=O)NC(C=O)CC(=O)O)cc(C)c1O. The molecular formula is C21H27N3O7. The number of aldehydes is 1. The van der Waals surface area contributed by atoms with Gasteiger partial charge in [-0.25, -0.2) is 0 Å². The summed E-state index contributed by atoms with van der Waals surface area (Å²) in [6, 6.07) is 0.0875. The molecule has 3 amide bonds. The number of rotatable bonds is 8. The summed E-state index contributed by atoms with van der Waals surface area (Å²) < 4.78 is 0. The number of phenolic OH excluding ortho intramolecular Hbond substituents is 1. The molecule has 1 fully saturated rings. The Kier molecular flexibility index (Phi) is 7.73. The van der Waals surface area contributed by atoms with Gasteiger partial charge in [-0.05, 0) is 56.9 Å². The Labute approximate surface area is 179 Å². The summed E-state index contributed by atoms with van der Waals surface area (Å²) in [7, 11) is 0. The predicted molar refractivity (Wildman–Crippen MR) is 109 cm³/mol. The van der Waals surface area contributed by atoms with E-state index in [1.54, 1.807) is 13.8 Å². The maximum Gasteiger partial charge on any atom is 0.305 e. The zero-order valence-electron chi connectivity index (χ0n) is 17.7. The average molecular weight is 433 g/mol. The number of nitrogens with one attached hydrogen (secondary N) is 2. The summed E-state index contributed by atoms with van der Waals surface area (Å²) >= 11 is 0. The number of likely N-dealkylation sites (tertiary alicyclic amines) is 1. The number of carboxylic acids is 1. The largest absolute Gasteiger partial charge is 0.507 e. The van der Waals surface area contributed by atoms with Gasteiger partial charge in [0, 0.05) is 12.1 Å². The van der Waals surface area contributed by atoms with Crippen LogP contribution in [0.2, 0.25) is 0 Å². The van der Waals surface area contributed by atoms with Gasteiger partial charge in [0.05, 0.1) is 12.5 Å². The van der Waals surface area contributed by atoms with Crippen molar-refractivity contribution >= 4 is 30.0 Å². The molecule has 1 aromatic rings. The first-order valence-corrected chi connectivity index (χ1v) is 9.94. The minimum Gasteiger partial charge on any atom is -0.507 e. The third kappa shape index (κ3) is 5.80. The van der Waals surface area contributed by atoms with E-state index in [0.29, 0.717) is 42.4 Å². The van der Waals surface area contributed by atoms with Crippen molar-refractivity contribution in [3.63, 3.8) is 0 Å². The van der Waals surface area contributed by atoms with E-state index >= 15 is 0 Å². The quantitative estimate of drug-likeness (QED) is 0.429. The fraction of sp³-hybridized carbons (Fsp3) is 0.476. The number of carbonyl (C=O) groups excluding carboxylic acids is 4. The summed E-state index contributed by atoms with van der Waals surface area (Å²) in [5.74, 6) is -2.68. The number of amides is 3. The van der Waals surface area contributed by atoms with Crippen molar-refractivity contribution in [2.24, 2.45) is 0 Å². The van der Waals surface area contributed by atoms with Gasteiger partial charge in [-0.1, -0.05) is 0 Å². The lowest BCUT2D eigenvalue weighted by Crippen LogP contribution is -2.54. The van der Waals surface area contributed by atoms with Gasteiger partial charge in [0.15, 0.2) is 0 Å². The Morgan fingerprint density at radius 1 is 1.19 bits per heavy atom. The van der Waals surface area contributed by atoms with E-state index in [1.165, 1.54) is 24.0 Å². The molecule has 0 saturated carbocycles. The van der Waals surface area contributed by atoms with Crippen molar-refractivity contribution < 1.29 is 34.2 Å². The molecule has 1 aliphatic rings. The maximum absolute atomic E-state index is 12.9. The first-order chi connectivity index (χ1) is 14.5. The maximum atomic E-state index is 12.9. The van der Waals surface area contributed by atoms with Crippen LogP contribution in [0.4, 0.5) is 0 Å². The van der Waals surface area contributed by atoms with Crippen LogP contribution in [0.1, 0.15) is 47.7 Å². The van der Waals surface area contributed by atoms with Crippen molar-refractivity contribution in [3.8, 4) is 5.75 Å². The van der Waals surface area contributed by atoms with Crippen molar-refractivity contribution in [2.45, 2.75) is 58.2 Å². The van der Waals surface area contributed by atoms with E-state index in [1.807, 2.05) is 0 Å². The molecule has 0 bridgehead atoms. The monoisotopic (exact) mass is 433 g/mol. The fourth-order valence-corrected chi connectivity index (χ4v) is 3.58. The van der Waals surface area contributed by atoms with E-state index in [2.05, 4.69) is 10.6 Å². The molecule has 0 aromatic heterocycles. The van der Waals surface area contributed by atoms with Gasteiger partial charge < -0.3 is 30.5 Å². The van der Waals surface area contributed by atoms with E-state index in [0.717, 1.165) is 0 Å². The van der Waals surface area contributed by atoms with Crippen molar-refractivity contribution in [1.82, 2.24) is 15.5 Å². The van der Waals surface area contributed by atoms with Gasteiger partial charge in [0.1, 0.15) is 24.1 Å². The Morgan fingerprint density at radius 3 is 2.35 bits per heavy atom. The molecule has 1 aromatic carbocycles. The zero-order chi connectivity index (χ0) is 23.3. The number of carboxylic acid groups (broad SMARTS) is 1. The van der Waals surface area contributed by atoms with Crippen LogP contribution in [-0.4, -0.2) is 69.8 Å². The van der Waals surface area contributed by atoms with Crippen molar-refractivity contribution in [3.05, 3.63) is 28.8 Å². The minimum atomic E-state index is -1.23. The highest BCUT2D eigenvalue weighted by Gasteiger charge is 2.37. The second-order valence-electron chi connectivity index (χ2n) is 7.69. The molecule has 31 heavy (non-hydrogen) atoms. The molecule has 10 heteroatoms. The fourth-order valence-electron chi connectivity index (χ4n) is 3.58. The highest BCUT2D eigenvalue weighted by atomic mass is 16.4. The van der Waals surface area contributed by atoms with Gasteiger partial charge in [-0.2, -0.15) is 0 Å². The summed E-state index contributed by atoms with van der Waals surface area (Å²) in [5, 5.41) is 23.6. The molecule has 1 aliphatic heterocycles. The van der Waals surface area contributed by atoms with Crippen LogP contribution < -0.4 is 10.6 Å². The van der Waals surface area contributed by atoms with Crippen LogP contribution in [0.5, 0.6) is 5.75 Å². The molecule has 4 N–H and O–H groups in total. The predicted octanol–water partition coefficient (Wildman–Crippen LogP) is 0.277. The molecule has 0 spiro atoms. The lowest BCUT2D eigenvalue weighted by Gasteiger charge is -2.28. The molecule has 0 aliphatic carbocycles. The Bertz CT molecular complexity index is 876. The number of aryl methyl sites for hydroxylation is 2. The summed E-state index contributed by atoms with van der Waals surface area (Å²) in [6.45, 7) is 5.14. The highest BCUT2D eigenvalue weighted by molar-refractivity contribution is 5.99. The van der Waals surface area contributed by atoms with Crippen LogP contribution in [0, 0.1) is 13.8 Å². The molecule has 0 radical (unpaired) electrons. The smallest absolute Gasteiger partial charge is 0.305 e. The van der Waals surface area contributed by atoms with Gasteiger partial charge in [0.25, 0.3) is 5.91 Å². The van der Waals surface area contributed by atoms with Crippen LogP contribution in [-0.2, 0) is 19.2 Å². The van der Waals surface area contributed by atoms with Crippen LogP contribution in [0.25, 0.3) is 0 Å². The molecule has 3 unspecified atom stereocenters. The Hall–Kier alpha value is -3.43. The van der Waals surface area contributed by atoms with Gasteiger partial charge in [-0.3, -0.25) is 19.2 Å². The lowest BCUT2D eigenvalue weighted by atomic mass is 10.0. The number of carbonyl (C=O) groups is 5. The second-order valence-corrected chi connectivity index (χ2v) is 7.69. The first-order valence-electron chi connectivity index (χ1n) is 9.94. The van der Waals surface area contributed by atoms with Crippen LogP contribution in [0.15, 0.2) is 12.1 Å². The van der Waals surface area contributed by atoms with Gasteiger partial charge in [0.2, 0.25) is 11.8 Å². The summed E-state index contributed by atoms with van der Waals surface area (Å²) in [4.78, 5) is 61.1. The average Bonchev–Trinajstić information content (AvgIpc) is 3.19. The molecule has 168 valence electrons. The van der Waals surface area contributed by atoms with Gasteiger partial charge >= 0.3 is 5.97 Å². The molecule has 2 rings (SSSR count). The third-order valence-electron chi connectivity index (χ3n) is 5.20. The molecule has 10 nitrogen and oxygen atoms in total. The minimum absolute atomic E-state index is 0.100. The number of phenols is 1. The third-order valence-corrected chi connectivity index (χ3v) is 5.20. The Balaban J connectivity index is 2.05. The van der Waals surface area contributed by atoms with Crippen molar-refractivity contribution in [2.75, 3.05) is 6.54 Å². The van der Waals surface area contributed by atoms with E-state index in [-0.39, 0.29) is 5.75 Å². The summed E-state index contributed by atoms with van der Waals surface area (Å²) in [6.07, 6.45) is 0.726. The van der Waals surface area contributed by atoms with Gasteiger partial charge in [-0.15, -0.1) is 0 Å². The zero-order valence-corrected chi connectivity index (χ0v) is 17.7. The normalized spacial score (nSPS) is 17.5. The summed E-state index contributed by atoms with van der Waals surface area (Å²) in [5.41, 5.74) is 1.36. The molecule has 1 heterocycles. The number of benzene rings is 1. The molecular weight excluding hydrogens is 406 g/mol. The standard InChI is InChI=1S/C21H27N3O7/c1-11-7-14(8-12(2)18(11)28)19(29)22-13(3)21(31)24-6-4-5-16(24)20(30)23-15(10-25)9-17(26)27/h7-8,10,13,15-16,28H,4-6,9H2,1-3H3,(H,22,29)(H,23,30)(H,26,27). The number of aliphatic carboxylic acids is 1. The highest BCUT2D eigenvalue weighted by Crippen LogP contribution is 2.23. The number of aromatic hydroxyl groups is 1. The van der Waals surface area contributed by atoms with E-state index in [4.69, 9.17) is 5.11 Å². The Morgan fingerprint density at radius 2 is 1.81 bits per heavy atom. The number of hydrogen-bond donors (Lipinski definition) is 4. The topological polar surface area (TPSA) is 153 Å².